The van der Waals surface area contributed by atoms with E-state index in [1.165, 1.54) is 0 Å². The van der Waals surface area contributed by atoms with Gasteiger partial charge in [0.05, 0.1) is 18.7 Å². The van der Waals surface area contributed by atoms with E-state index in [9.17, 15) is 9.18 Å². The minimum atomic E-state index is -0.489. The number of nitrogens with one attached hydrogen (secondary N) is 1. The summed E-state index contributed by atoms with van der Waals surface area (Å²) in [6.07, 6.45) is 5.61. The largest absolute Gasteiger partial charge is 0.373 e. The zero-order valence-corrected chi connectivity index (χ0v) is 15.3. The van der Waals surface area contributed by atoms with Gasteiger partial charge in [0.1, 0.15) is 12.5 Å². The minimum absolute atomic E-state index is 0.0140. The summed E-state index contributed by atoms with van der Waals surface area (Å²) in [5.74, 6) is 0.729. The van der Waals surface area contributed by atoms with Crippen LogP contribution in [0.3, 0.4) is 0 Å². The van der Waals surface area contributed by atoms with Crippen LogP contribution < -0.4 is 5.32 Å². The smallest absolute Gasteiger partial charge is 0.255 e. The molecule has 0 aromatic carbocycles. The normalized spacial score (nSPS) is 15.2. The number of amides is 1. The number of carbonyl (C=O) groups excluding carboxylic acids is 1. The Bertz CT molecular complexity index is 737. The lowest BCUT2D eigenvalue weighted by Gasteiger charge is -2.16. The average Bonchev–Trinajstić information content (AvgIpc) is 2.90. The fourth-order valence-corrected chi connectivity index (χ4v) is 2.77. The van der Waals surface area contributed by atoms with Crippen molar-refractivity contribution in [1.82, 2.24) is 9.88 Å². The summed E-state index contributed by atoms with van der Waals surface area (Å²) < 4.78 is 12.3. The summed E-state index contributed by atoms with van der Waals surface area (Å²) in [7, 11) is 1.81. The number of hydrogen-bond acceptors (Lipinski definition) is 4. The average molecular weight is 344 g/mol. The lowest BCUT2D eigenvalue weighted by Crippen LogP contribution is -2.26. The molecule has 0 fully saturated rings. The molecule has 1 amide bonds. The van der Waals surface area contributed by atoms with E-state index in [4.69, 9.17) is 0 Å². The van der Waals surface area contributed by atoms with Crippen molar-refractivity contribution < 1.29 is 9.18 Å². The van der Waals surface area contributed by atoms with Crippen molar-refractivity contribution in [2.45, 2.75) is 27.3 Å². The van der Waals surface area contributed by atoms with Crippen molar-refractivity contribution in [2.75, 3.05) is 32.1 Å². The molecule has 1 aliphatic rings. The van der Waals surface area contributed by atoms with Gasteiger partial charge in [0.2, 0.25) is 0 Å². The molecule has 0 unspecified atom stereocenters. The predicted molar refractivity (Wildman–Crippen MR) is 100 cm³/mol. The van der Waals surface area contributed by atoms with Crippen LogP contribution in [0.5, 0.6) is 0 Å². The molecule has 0 bridgehead atoms. The van der Waals surface area contributed by atoms with Crippen LogP contribution in [0.2, 0.25) is 0 Å². The molecule has 25 heavy (non-hydrogen) atoms. The third kappa shape index (κ3) is 4.53. The Kier molecular flexibility index (Phi) is 6.44. The first-order valence-corrected chi connectivity index (χ1v) is 8.37. The molecule has 5 nitrogen and oxygen atoms in total. The van der Waals surface area contributed by atoms with Crippen LogP contribution in [0.15, 0.2) is 34.4 Å². The van der Waals surface area contributed by atoms with Gasteiger partial charge in [-0.05, 0) is 32.4 Å². The fraction of sp³-hybridized carbons (Fsp3) is 0.421. The lowest BCUT2D eigenvalue weighted by molar-refractivity contribution is 0.0794. The van der Waals surface area contributed by atoms with Gasteiger partial charge in [-0.3, -0.25) is 9.79 Å². The van der Waals surface area contributed by atoms with E-state index in [2.05, 4.69) is 15.3 Å². The molecule has 6 heteroatoms. The molecule has 1 N–H and O–H groups in total. The number of alkyl halides is 1. The summed E-state index contributed by atoms with van der Waals surface area (Å²) in [5.41, 5.74) is 4.36. The Balaban J connectivity index is 2.26. The van der Waals surface area contributed by atoms with Crippen molar-refractivity contribution in [3.05, 3.63) is 46.2 Å². The van der Waals surface area contributed by atoms with Crippen LogP contribution in [-0.2, 0) is 6.54 Å². The van der Waals surface area contributed by atoms with E-state index < -0.39 is 6.67 Å². The number of fused-ring (bicyclic) bond motifs is 1. The molecular formula is C19H25FN4O. The van der Waals surface area contributed by atoms with Gasteiger partial charge in [-0.15, -0.1) is 0 Å². The van der Waals surface area contributed by atoms with Gasteiger partial charge in [-0.1, -0.05) is 17.7 Å². The highest BCUT2D eigenvalue weighted by Crippen LogP contribution is 2.29. The van der Waals surface area contributed by atoms with Crippen molar-refractivity contribution in [3.8, 4) is 0 Å². The number of aromatic nitrogens is 1. The number of carbonyl (C=O) groups is 1. The van der Waals surface area contributed by atoms with Crippen LogP contribution in [0.1, 0.15) is 35.5 Å². The summed E-state index contributed by atoms with van der Waals surface area (Å²) in [6.45, 7) is 6.38. The summed E-state index contributed by atoms with van der Waals surface area (Å²) in [5, 5.41) is 3.06. The first-order valence-electron chi connectivity index (χ1n) is 8.37. The number of aryl methyl sites for hydroxylation is 1. The highest BCUT2D eigenvalue weighted by atomic mass is 19.1. The predicted octanol–water partition coefficient (Wildman–Crippen LogP) is 3.32. The van der Waals surface area contributed by atoms with Gasteiger partial charge >= 0.3 is 0 Å². The van der Waals surface area contributed by atoms with Gasteiger partial charge in [-0.2, -0.15) is 0 Å². The maximum absolute atomic E-state index is 12.8. The highest BCUT2D eigenvalue weighted by Gasteiger charge is 2.30. The third-order valence-corrected chi connectivity index (χ3v) is 4.07. The molecular weight excluding hydrogens is 319 g/mol. The SMILES string of the molecule is C/C=C(C)/C=C(\C=NCCF)CN1Cc2c(cc(C)nc2NC)C1=O. The van der Waals surface area contributed by atoms with Gasteiger partial charge in [0.25, 0.3) is 5.91 Å². The first-order chi connectivity index (χ1) is 12.0. The number of nitrogens with zero attached hydrogens (tertiary/aromatic N) is 3. The Morgan fingerprint density at radius 3 is 2.92 bits per heavy atom. The molecule has 2 rings (SSSR count). The molecule has 134 valence electrons. The molecule has 0 radical (unpaired) electrons. The summed E-state index contributed by atoms with van der Waals surface area (Å²) >= 11 is 0. The number of pyridine rings is 1. The second-order valence-electron chi connectivity index (χ2n) is 6.03. The van der Waals surface area contributed by atoms with Crippen molar-refractivity contribution >= 4 is 17.9 Å². The van der Waals surface area contributed by atoms with Crippen LogP contribution in [0.4, 0.5) is 10.2 Å². The molecule has 0 saturated carbocycles. The third-order valence-electron chi connectivity index (χ3n) is 4.07. The van der Waals surface area contributed by atoms with E-state index >= 15 is 0 Å². The van der Waals surface area contributed by atoms with Gasteiger partial charge in [0.15, 0.2) is 0 Å². The number of allylic oxidation sites excluding steroid dienone is 3. The number of anilines is 1. The Morgan fingerprint density at radius 2 is 2.28 bits per heavy atom. The first kappa shape index (κ1) is 18.8. The van der Waals surface area contributed by atoms with Crippen molar-refractivity contribution in [2.24, 2.45) is 4.99 Å². The molecule has 0 atom stereocenters. The molecule has 1 aromatic heterocycles. The lowest BCUT2D eigenvalue weighted by atomic mass is 10.1. The molecule has 0 spiro atoms. The van der Waals surface area contributed by atoms with Crippen LogP contribution >= 0.6 is 0 Å². The zero-order valence-electron chi connectivity index (χ0n) is 15.3. The Labute approximate surface area is 148 Å². The van der Waals surface area contributed by atoms with Crippen molar-refractivity contribution in [3.63, 3.8) is 0 Å². The van der Waals surface area contributed by atoms with E-state index in [0.29, 0.717) is 18.7 Å². The van der Waals surface area contributed by atoms with Crippen molar-refractivity contribution in [1.29, 1.82) is 0 Å². The Hall–Kier alpha value is -2.50. The number of aliphatic imine (C=N–C) groups is 1. The highest BCUT2D eigenvalue weighted by molar-refractivity contribution is 6.00. The van der Waals surface area contributed by atoms with E-state index in [1.807, 2.05) is 39.0 Å². The van der Waals surface area contributed by atoms with E-state index in [1.54, 1.807) is 18.2 Å². The monoisotopic (exact) mass is 344 g/mol. The number of halogens is 1. The quantitative estimate of drug-likeness (QED) is 0.610. The second-order valence-corrected chi connectivity index (χ2v) is 6.03. The maximum Gasteiger partial charge on any atom is 0.255 e. The molecule has 1 aromatic rings. The topological polar surface area (TPSA) is 57.6 Å². The molecule has 2 heterocycles. The fourth-order valence-electron chi connectivity index (χ4n) is 2.77. The van der Waals surface area contributed by atoms with Gasteiger partial charge in [-0.25, -0.2) is 9.37 Å². The van der Waals surface area contributed by atoms with Gasteiger partial charge in [0, 0.05) is 31.1 Å². The standard InChI is InChI=1S/C19H25FN4O/c1-5-13(2)8-15(10-22-7-6-20)11-24-12-17-16(19(24)25)9-14(3)23-18(17)21-4/h5,8-10H,6-7,11-12H2,1-4H3,(H,21,23)/b13-5+,15-8+,22-10?. The maximum atomic E-state index is 12.8. The summed E-state index contributed by atoms with van der Waals surface area (Å²) in [4.78, 5) is 23.1. The summed E-state index contributed by atoms with van der Waals surface area (Å²) in [6, 6.07) is 1.83. The second kappa shape index (κ2) is 8.55. The van der Waals surface area contributed by atoms with E-state index in [0.717, 1.165) is 28.2 Å². The van der Waals surface area contributed by atoms with Crippen LogP contribution in [0.25, 0.3) is 0 Å². The van der Waals surface area contributed by atoms with Crippen LogP contribution in [-0.4, -0.2) is 48.8 Å². The molecule has 1 aliphatic heterocycles. The number of hydrogen-bond donors (Lipinski definition) is 1. The molecule has 0 saturated heterocycles. The van der Waals surface area contributed by atoms with Gasteiger partial charge < -0.3 is 10.2 Å². The van der Waals surface area contributed by atoms with E-state index in [-0.39, 0.29) is 12.5 Å². The van der Waals surface area contributed by atoms with Crippen LogP contribution in [0, 0.1) is 6.92 Å². The minimum Gasteiger partial charge on any atom is -0.373 e. The number of rotatable bonds is 7. The molecule has 0 aliphatic carbocycles. The Morgan fingerprint density at radius 1 is 1.52 bits per heavy atom. The zero-order chi connectivity index (χ0) is 18.4.